The Morgan fingerprint density at radius 1 is 1.33 bits per heavy atom. The van der Waals surface area contributed by atoms with Crippen molar-refractivity contribution in [3.05, 3.63) is 23.8 Å². The molecule has 0 aromatic heterocycles. The number of hydrogen-bond donors (Lipinski definition) is 4. The largest absolute Gasteiger partial charge is 0.506 e. The number of halogens is 3. The topological polar surface area (TPSA) is 98.7 Å². The summed E-state index contributed by atoms with van der Waals surface area (Å²) in [7, 11) is 0. The number of amides is 2. The van der Waals surface area contributed by atoms with Gasteiger partial charge in [-0.15, -0.1) is 0 Å². The zero-order chi connectivity index (χ0) is 16.2. The number of phenols is 1. The highest BCUT2D eigenvalue weighted by Crippen LogP contribution is 2.24. The van der Waals surface area contributed by atoms with Gasteiger partial charge in [-0.05, 0) is 25.1 Å². The normalized spacial score (nSPS) is 12.6. The van der Waals surface area contributed by atoms with Gasteiger partial charge in [-0.2, -0.15) is 13.2 Å². The van der Waals surface area contributed by atoms with E-state index in [2.05, 4.69) is 10.6 Å². The first-order valence-electron chi connectivity index (χ1n) is 5.79. The van der Waals surface area contributed by atoms with E-state index in [1.165, 1.54) is 6.92 Å². The predicted octanol–water partition coefficient (Wildman–Crippen LogP) is 2.55. The second-order valence-electron chi connectivity index (χ2n) is 4.36. The maximum absolute atomic E-state index is 12.1. The molecule has 0 bridgehead atoms. The highest BCUT2D eigenvalue weighted by Gasteiger charge is 2.30. The van der Waals surface area contributed by atoms with E-state index in [1.54, 1.807) is 0 Å². The van der Waals surface area contributed by atoms with Gasteiger partial charge < -0.3 is 20.8 Å². The molecule has 0 aliphatic heterocycles. The lowest BCUT2D eigenvalue weighted by Crippen LogP contribution is -2.38. The second-order valence-corrected chi connectivity index (χ2v) is 4.36. The molecule has 1 aromatic rings. The Morgan fingerprint density at radius 3 is 2.43 bits per heavy atom. The van der Waals surface area contributed by atoms with E-state index >= 15 is 0 Å². The molecule has 1 rings (SSSR count). The standard InChI is InChI=1S/C12H13F3N2O4/c1-6(5-12(13,14)15)16-11(21)17-8-3-2-7(10(19)20)4-9(8)18/h2-4,6,18H,5H2,1H3,(H,19,20)(H2,16,17,21). The number of aromatic hydroxyl groups is 1. The number of aromatic carboxylic acids is 1. The summed E-state index contributed by atoms with van der Waals surface area (Å²) in [6, 6.07) is 1.09. The molecule has 0 saturated heterocycles. The van der Waals surface area contributed by atoms with Crippen LogP contribution >= 0.6 is 0 Å². The Labute approximate surface area is 117 Å². The summed E-state index contributed by atoms with van der Waals surface area (Å²) in [6.07, 6.45) is -5.59. The summed E-state index contributed by atoms with van der Waals surface area (Å²) in [5.41, 5.74) is -0.305. The molecule has 0 radical (unpaired) electrons. The van der Waals surface area contributed by atoms with Gasteiger partial charge in [0.2, 0.25) is 0 Å². The molecular formula is C12H13F3N2O4. The van der Waals surface area contributed by atoms with Crippen molar-refractivity contribution in [2.75, 3.05) is 5.32 Å². The summed E-state index contributed by atoms with van der Waals surface area (Å²) >= 11 is 0. The van der Waals surface area contributed by atoms with Crippen LogP contribution in [0.3, 0.4) is 0 Å². The summed E-state index contributed by atoms with van der Waals surface area (Å²) < 4.78 is 36.3. The number of phenolic OH excluding ortho intramolecular Hbond substituents is 1. The van der Waals surface area contributed by atoms with Crippen LogP contribution in [-0.2, 0) is 0 Å². The zero-order valence-corrected chi connectivity index (χ0v) is 10.9. The van der Waals surface area contributed by atoms with Crippen LogP contribution in [0.5, 0.6) is 5.75 Å². The number of carbonyl (C=O) groups excluding carboxylic acids is 1. The Morgan fingerprint density at radius 2 is 1.95 bits per heavy atom. The van der Waals surface area contributed by atoms with E-state index in [1.807, 2.05) is 0 Å². The van der Waals surface area contributed by atoms with Crippen LogP contribution in [0.15, 0.2) is 18.2 Å². The van der Waals surface area contributed by atoms with Crippen molar-refractivity contribution in [3.8, 4) is 5.75 Å². The second kappa shape index (κ2) is 6.33. The average molecular weight is 306 g/mol. The van der Waals surface area contributed by atoms with Crippen molar-refractivity contribution in [1.82, 2.24) is 5.32 Å². The number of urea groups is 1. The average Bonchev–Trinajstić information content (AvgIpc) is 2.28. The lowest BCUT2D eigenvalue weighted by atomic mass is 10.2. The minimum absolute atomic E-state index is 0.114. The molecule has 4 N–H and O–H groups in total. The fourth-order valence-electron chi connectivity index (χ4n) is 1.55. The number of carboxylic acid groups (broad SMARTS) is 1. The van der Waals surface area contributed by atoms with Crippen molar-refractivity contribution >= 4 is 17.7 Å². The maximum atomic E-state index is 12.1. The van der Waals surface area contributed by atoms with Gasteiger partial charge in [0.05, 0.1) is 17.7 Å². The number of carboxylic acids is 1. The number of nitrogens with one attached hydrogen (secondary N) is 2. The molecule has 0 spiro atoms. The smallest absolute Gasteiger partial charge is 0.391 e. The maximum Gasteiger partial charge on any atom is 0.391 e. The molecule has 1 aromatic carbocycles. The minimum Gasteiger partial charge on any atom is -0.506 e. The van der Waals surface area contributed by atoms with Gasteiger partial charge in [0.1, 0.15) is 5.75 Å². The van der Waals surface area contributed by atoms with Crippen molar-refractivity contribution < 1.29 is 33.0 Å². The number of hydrogen-bond acceptors (Lipinski definition) is 3. The third-order valence-electron chi connectivity index (χ3n) is 2.41. The lowest BCUT2D eigenvalue weighted by molar-refractivity contribution is -0.138. The summed E-state index contributed by atoms with van der Waals surface area (Å²) in [6.45, 7) is 1.18. The Balaban J connectivity index is 2.65. The van der Waals surface area contributed by atoms with Crippen molar-refractivity contribution in [2.45, 2.75) is 25.6 Å². The highest BCUT2D eigenvalue weighted by molar-refractivity contribution is 5.93. The first kappa shape index (κ1) is 16.6. The van der Waals surface area contributed by atoms with E-state index in [9.17, 15) is 27.9 Å². The number of anilines is 1. The number of alkyl halides is 3. The SMILES string of the molecule is CC(CC(F)(F)F)NC(=O)Nc1ccc(C(=O)O)cc1O. The number of benzene rings is 1. The van der Waals surface area contributed by atoms with Gasteiger partial charge in [-0.3, -0.25) is 0 Å². The van der Waals surface area contributed by atoms with Crippen LogP contribution in [0.1, 0.15) is 23.7 Å². The Hall–Kier alpha value is -2.45. The summed E-state index contributed by atoms with van der Waals surface area (Å²) in [5, 5.41) is 22.4. The van der Waals surface area contributed by atoms with E-state index in [4.69, 9.17) is 5.11 Å². The van der Waals surface area contributed by atoms with Crippen LogP contribution < -0.4 is 10.6 Å². The highest BCUT2D eigenvalue weighted by atomic mass is 19.4. The first-order chi connectivity index (χ1) is 9.58. The molecule has 0 aliphatic carbocycles. The summed E-state index contributed by atoms with van der Waals surface area (Å²) in [4.78, 5) is 22.1. The van der Waals surface area contributed by atoms with Gasteiger partial charge in [-0.1, -0.05) is 0 Å². The molecule has 1 unspecified atom stereocenters. The molecule has 0 fully saturated rings. The van der Waals surface area contributed by atoms with E-state index < -0.39 is 36.4 Å². The van der Waals surface area contributed by atoms with Gasteiger partial charge >= 0.3 is 18.2 Å². The molecule has 0 saturated carbocycles. The zero-order valence-electron chi connectivity index (χ0n) is 10.9. The van der Waals surface area contributed by atoms with Crippen molar-refractivity contribution in [1.29, 1.82) is 0 Å². The number of carbonyl (C=O) groups is 2. The van der Waals surface area contributed by atoms with Crippen molar-refractivity contribution in [3.63, 3.8) is 0 Å². The van der Waals surface area contributed by atoms with E-state index in [0.717, 1.165) is 18.2 Å². The molecule has 0 aliphatic rings. The lowest BCUT2D eigenvalue weighted by Gasteiger charge is -2.16. The van der Waals surface area contributed by atoms with E-state index in [-0.39, 0.29) is 11.3 Å². The monoisotopic (exact) mass is 306 g/mol. The van der Waals surface area contributed by atoms with Crippen molar-refractivity contribution in [2.24, 2.45) is 0 Å². The Bertz CT molecular complexity index is 546. The van der Waals surface area contributed by atoms with E-state index in [0.29, 0.717) is 0 Å². The third-order valence-corrected chi connectivity index (χ3v) is 2.41. The fourth-order valence-corrected chi connectivity index (χ4v) is 1.55. The minimum atomic E-state index is -4.40. The first-order valence-corrected chi connectivity index (χ1v) is 5.79. The molecule has 116 valence electrons. The third kappa shape index (κ3) is 5.59. The molecule has 0 heterocycles. The molecule has 6 nitrogen and oxygen atoms in total. The fraction of sp³-hybridized carbons (Fsp3) is 0.333. The Kier molecular flexibility index (Phi) is 5.01. The molecular weight excluding hydrogens is 293 g/mol. The quantitative estimate of drug-likeness (QED) is 0.642. The number of rotatable bonds is 4. The molecule has 9 heteroatoms. The van der Waals surface area contributed by atoms with Crippen LogP contribution in [0.2, 0.25) is 0 Å². The van der Waals surface area contributed by atoms with Crippen LogP contribution in [0.25, 0.3) is 0 Å². The van der Waals surface area contributed by atoms with Crippen LogP contribution in [0, 0.1) is 0 Å². The summed E-state index contributed by atoms with van der Waals surface area (Å²) in [5.74, 6) is -1.77. The molecule has 1 atom stereocenters. The molecule has 21 heavy (non-hydrogen) atoms. The van der Waals surface area contributed by atoms with Gasteiger partial charge in [-0.25, -0.2) is 9.59 Å². The van der Waals surface area contributed by atoms with Crippen LogP contribution in [-0.4, -0.2) is 34.4 Å². The van der Waals surface area contributed by atoms with Gasteiger partial charge in [0, 0.05) is 6.04 Å². The van der Waals surface area contributed by atoms with Gasteiger partial charge in [0.15, 0.2) is 0 Å². The van der Waals surface area contributed by atoms with Crippen LogP contribution in [0.4, 0.5) is 23.7 Å². The molecule has 2 amide bonds. The predicted molar refractivity (Wildman–Crippen MR) is 67.4 cm³/mol. The van der Waals surface area contributed by atoms with Gasteiger partial charge in [0.25, 0.3) is 0 Å².